The SMILES string of the molecule is Clc1cncc(N2CCCC2c2ccccc2)n1. The van der Waals surface area contributed by atoms with Crippen molar-refractivity contribution in [2.75, 3.05) is 11.4 Å². The van der Waals surface area contributed by atoms with Crippen molar-refractivity contribution in [1.29, 1.82) is 0 Å². The maximum absolute atomic E-state index is 5.92. The lowest BCUT2D eigenvalue weighted by molar-refractivity contribution is 0.710. The third kappa shape index (κ3) is 2.18. The molecule has 1 aliphatic heterocycles. The molecule has 4 heteroatoms. The predicted molar refractivity (Wildman–Crippen MR) is 72.8 cm³/mol. The Hall–Kier alpha value is -1.61. The number of nitrogens with zero attached hydrogens (tertiary/aromatic N) is 3. The van der Waals surface area contributed by atoms with Gasteiger partial charge in [-0.15, -0.1) is 0 Å². The Morgan fingerprint density at radius 2 is 2.00 bits per heavy atom. The zero-order valence-electron chi connectivity index (χ0n) is 9.96. The second kappa shape index (κ2) is 4.94. The maximum atomic E-state index is 5.92. The molecule has 92 valence electrons. The molecule has 1 unspecified atom stereocenters. The minimum atomic E-state index is 0.388. The summed E-state index contributed by atoms with van der Waals surface area (Å²) in [5.41, 5.74) is 1.33. The number of halogens is 1. The Bertz CT molecular complexity index is 530. The number of aromatic nitrogens is 2. The Morgan fingerprint density at radius 1 is 1.17 bits per heavy atom. The largest absolute Gasteiger partial charge is 0.348 e. The first kappa shape index (κ1) is 11.5. The summed E-state index contributed by atoms with van der Waals surface area (Å²) >= 11 is 5.92. The Balaban J connectivity index is 1.92. The molecular weight excluding hydrogens is 246 g/mol. The third-order valence-corrected chi connectivity index (χ3v) is 3.51. The van der Waals surface area contributed by atoms with Crippen molar-refractivity contribution in [3.8, 4) is 0 Å². The molecule has 0 saturated carbocycles. The average molecular weight is 260 g/mol. The lowest BCUT2D eigenvalue weighted by Crippen LogP contribution is -2.23. The van der Waals surface area contributed by atoms with E-state index in [1.807, 2.05) is 6.07 Å². The number of rotatable bonds is 2. The van der Waals surface area contributed by atoms with Gasteiger partial charge in [-0.2, -0.15) is 0 Å². The van der Waals surface area contributed by atoms with E-state index in [4.69, 9.17) is 11.6 Å². The topological polar surface area (TPSA) is 29.0 Å². The Morgan fingerprint density at radius 3 is 2.78 bits per heavy atom. The minimum Gasteiger partial charge on any atom is -0.348 e. The van der Waals surface area contributed by atoms with Crippen LogP contribution >= 0.6 is 11.6 Å². The second-order valence-corrected chi connectivity index (χ2v) is 4.85. The zero-order valence-corrected chi connectivity index (χ0v) is 10.7. The fourth-order valence-electron chi connectivity index (χ4n) is 2.53. The highest BCUT2D eigenvalue weighted by Crippen LogP contribution is 2.34. The highest BCUT2D eigenvalue weighted by Gasteiger charge is 2.27. The first-order valence-electron chi connectivity index (χ1n) is 6.14. The van der Waals surface area contributed by atoms with Gasteiger partial charge in [0.05, 0.1) is 18.4 Å². The highest BCUT2D eigenvalue weighted by atomic mass is 35.5. The van der Waals surface area contributed by atoms with E-state index < -0.39 is 0 Å². The summed E-state index contributed by atoms with van der Waals surface area (Å²) in [6.07, 6.45) is 5.68. The van der Waals surface area contributed by atoms with E-state index in [-0.39, 0.29) is 0 Å². The van der Waals surface area contributed by atoms with E-state index in [1.54, 1.807) is 12.4 Å². The standard InChI is InChI=1S/C14H14ClN3/c15-13-9-16-10-14(17-13)18-8-4-7-12(18)11-5-2-1-3-6-11/h1-3,5-6,9-10,12H,4,7-8H2. The van der Waals surface area contributed by atoms with Gasteiger partial charge < -0.3 is 4.90 Å². The second-order valence-electron chi connectivity index (χ2n) is 4.46. The monoisotopic (exact) mass is 259 g/mol. The van der Waals surface area contributed by atoms with Crippen molar-refractivity contribution in [3.05, 3.63) is 53.4 Å². The first-order chi connectivity index (χ1) is 8.84. The van der Waals surface area contributed by atoms with E-state index in [0.717, 1.165) is 18.8 Å². The average Bonchev–Trinajstić information content (AvgIpc) is 2.89. The molecular formula is C14H14ClN3. The fraction of sp³-hybridized carbons (Fsp3) is 0.286. The van der Waals surface area contributed by atoms with Gasteiger partial charge in [0.25, 0.3) is 0 Å². The molecule has 1 aromatic heterocycles. The molecule has 0 amide bonds. The van der Waals surface area contributed by atoms with Crippen LogP contribution in [0.5, 0.6) is 0 Å². The molecule has 0 aliphatic carbocycles. The van der Waals surface area contributed by atoms with Gasteiger partial charge in [0.2, 0.25) is 0 Å². The molecule has 0 spiro atoms. The van der Waals surface area contributed by atoms with Crippen molar-refractivity contribution >= 4 is 17.4 Å². The van der Waals surface area contributed by atoms with Crippen LogP contribution < -0.4 is 4.90 Å². The number of hydrogen-bond acceptors (Lipinski definition) is 3. The van der Waals surface area contributed by atoms with Gasteiger partial charge in [0, 0.05) is 6.54 Å². The first-order valence-corrected chi connectivity index (χ1v) is 6.51. The summed E-state index contributed by atoms with van der Waals surface area (Å²) in [6, 6.07) is 10.9. The van der Waals surface area contributed by atoms with Crippen LogP contribution in [0.3, 0.4) is 0 Å². The van der Waals surface area contributed by atoms with Crippen molar-refractivity contribution in [2.24, 2.45) is 0 Å². The van der Waals surface area contributed by atoms with Gasteiger partial charge in [0.1, 0.15) is 11.0 Å². The van der Waals surface area contributed by atoms with Gasteiger partial charge in [-0.25, -0.2) is 4.98 Å². The highest BCUT2D eigenvalue weighted by molar-refractivity contribution is 6.29. The maximum Gasteiger partial charge on any atom is 0.149 e. The summed E-state index contributed by atoms with van der Waals surface area (Å²) in [6.45, 7) is 1.01. The van der Waals surface area contributed by atoms with E-state index in [2.05, 4.69) is 39.1 Å². The van der Waals surface area contributed by atoms with Crippen LogP contribution in [-0.4, -0.2) is 16.5 Å². The van der Waals surface area contributed by atoms with Crippen molar-refractivity contribution in [1.82, 2.24) is 9.97 Å². The molecule has 2 heterocycles. The van der Waals surface area contributed by atoms with Crippen LogP contribution in [0.4, 0.5) is 5.82 Å². The van der Waals surface area contributed by atoms with Gasteiger partial charge in [-0.1, -0.05) is 41.9 Å². The van der Waals surface area contributed by atoms with Crippen LogP contribution in [0.25, 0.3) is 0 Å². The van der Waals surface area contributed by atoms with Gasteiger partial charge in [0.15, 0.2) is 0 Å². The molecule has 0 N–H and O–H groups in total. The zero-order chi connectivity index (χ0) is 12.4. The molecule has 1 saturated heterocycles. The summed E-state index contributed by atoms with van der Waals surface area (Å²) in [7, 11) is 0. The summed E-state index contributed by atoms with van der Waals surface area (Å²) < 4.78 is 0. The molecule has 1 atom stereocenters. The number of hydrogen-bond donors (Lipinski definition) is 0. The van der Waals surface area contributed by atoms with E-state index in [0.29, 0.717) is 11.2 Å². The number of benzene rings is 1. The molecule has 0 radical (unpaired) electrons. The lowest BCUT2D eigenvalue weighted by Gasteiger charge is -2.25. The van der Waals surface area contributed by atoms with Gasteiger partial charge in [-0.3, -0.25) is 4.98 Å². The molecule has 3 nitrogen and oxygen atoms in total. The smallest absolute Gasteiger partial charge is 0.149 e. The van der Waals surface area contributed by atoms with Crippen LogP contribution in [0.15, 0.2) is 42.7 Å². The Labute approximate surface area is 111 Å². The summed E-state index contributed by atoms with van der Waals surface area (Å²) in [4.78, 5) is 10.8. The summed E-state index contributed by atoms with van der Waals surface area (Å²) in [5, 5.41) is 0.450. The lowest BCUT2D eigenvalue weighted by atomic mass is 10.0. The van der Waals surface area contributed by atoms with Crippen LogP contribution in [-0.2, 0) is 0 Å². The van der Waals surface area contributed by atoms with Crippen molar-refractivity contribution in [3.63, 3.8) is 0 Å². The van der Waals surface area contributed by atoms with E-state index in [9.17, 15) is 0 Å². The van der Waals surface area contributed by atoms with E-state index >= 15 is 0 Å². The van der Waals surface area contributed by atoms with E-state index in [1.165, 1.54) is 12.0 Å². The van der Waals surface area contributed by atoms with Crippen molar-refractivity contribution in [2.45, 2.75) is 18.9 Å². The molecule has 18 heavy (non-hydrogen) atoms. The number of anilines is 1. The Kier molecular flexibility index (Phi) is 3.15. The molecule has 1 fully saturated rings. The van der Waals surface area contributed by atoms with Crippen LogP contribution in [0.2, 0.25) is 5.15 Å². The van der Waals surface area contributed by atoms with Crippen molar-refractivity contribution < 1.29 is 0 Å². The third-order valence-electron chi connectivity index (χ3n) is 3.32. The van der Waals surface area contributed by atoms with Crippen LogP contribution in [0, 0.1) is 0 Å². The molecule has 1 aliphatic rings. The minimum absolute atomic E-state index is 0.388. The normalized spacial score (nSPS) is 19.2. The predicted octanol–water partition coefficient (Wildman–Crippen LogP) is 3.47. The van der Waals surface area contributed by atoms with Gasteiger partial charge >= 0.3 is 0 Å². The van der Waals surface area contributed by atoms with Gasteiger partial charge in [-0.05, 0) is 18.4 Å². The molecule has 3 rings (SSSR count). The molecule has 1 aromatic carbocycles. The van der Waals surface area contributed by atoms with Crippen LogP contribution in [0.1, 0.15) is 24.4 Å². The fourth-order valence-corrected chi connectivity index (χ4v) is 2.68. The molecule has 2 aromatic rings. The molecule has 0 bridgehead atoms. The quantitative estimate of drug-likeness (QED) is 0.827. The summed E-state index contributed by atoms with van der Waals surface area (Å²) in [5.74, 6) is 0.869.